The van der Waals surface area contributed by atoms with E-state index in [0.29, 0.717) is 18.9 Å². The highest BCUT2D eigenvalue weighted by Gasteiger charge is 2.32. The van der Waals surface area contributed by atoms with Gasteiger partial charge in [-0.3, -0.25) is 4.90 Å². The summed E-state index contributed by atoms with van der Waals surface area (Å²) in [6.45, 7) is 8.74. The molecule has 2 aliphatic heterocycles. The highest BCUT2D eigenvalue weighted by Crippen LogP contribution is 2.28. The molecule has 28 heavy (non-hydrogen) atoms. The average Bonchev–Trinajstić information content (AvgIpc) is 2.71. The van der Waals surface area contributed by atoms with Crippen LogP contribution >= 0.6 is 12.2 Å². The summed E-state index contributed by atoms with van der Waals surface area (Å²) in [6, 6.07) is 2.60. The SMILES string of the molecule is FC(F)(F)c1ccc(N2CCN(C(=S)NCCC[NH+]3CCOCC3)CC2)[nH+]c1. The van der Waals surface area contributed by atoms with Gasteiger partial charge in [-0.15, -0.1) is 0 Å². The van der Waals surface area contributed by atoms with Gasteiger partial charge in [0.05, 0.1) is 38.4 Å². The van der Waals surface area contributed by atoms with Gasteiger partial charge in [-0.05, 0) is 18.3 Å². The zero-order chi connectivity index (χ0) is 20.0. The van der Waals surface area contributed by atoms with Crippen LogP contribution in [0.25, 0.3) is 0 Å². The number of ether oxygens (including phenoxy) is 1. The van der Waals surface area contributed by atoms with Crippen molar-refractivity contribution in [3.05, 3.63) is 23.9 Å². The number of aromatic amines is 1. The van der Waals surface area contributed by atoms with E-state index < -0.39 is 11.7 Å². The van der Waals surface area contributed by atoms with Crippen molar-refractivity contribution in [3.8, 4) is 0 Å². The standard InChI is InChI=1S/C18H26F3N5OS/c19-18(20,21)15-2-3-16(23-14-15)25-6-8-26(9-7-25)17(28)22-4-1-5-24-10-12-27-13-11-24/h2-3,14H,1,4-13H2,(H,22,28)/p+2. The fraction of sp³-hybridized carbons (Fsp3) is 0.667. The van der Waals surface area contributed by atoms with Gasteiger partial charge in [-0.2, -0.15) is 13.2 Å². The van der Waals surface area contributed by atoms with Crippen LogP contribution in [0.4, 0.5) is 19.0 Å². The summed E-state index contributed by atoms with van der Waals surface area (Å²) in [7, 11) is 0. The lowest BCUT2D eigenvalue weighted by Crippen LogP contribution is -3.14. The molecule has 156 valence electrons. The van der Waals surface area contributed by atoms with Crippen LogP contribution in [0.3, 0.4) is 0 Å². The number of hydrogen-bond donors (Lipinski definition) is 2. The quantitative estimate of drug-likeness (QED) is 0.512. The molecule has 1 aromatic rings. The Morgan fingerprint density at radius 2 is 1.89 bits per heavy atom. The van der Waals surface area contributed by atoms with E-state index in [2.05, 4.69) is 15.2 Å². The maximum atomic E-state index is 12.7. The number of quaternary nitrogens is 1. The van der Waals surface area contributed by atoms with Gasteiger partial charge < -0.3 is 19.9 Å². The lowest BCUT2D eigenvalue weighted by molar-refractivity contribution is -0.908. The molecule has 3 N–H and O–H groups in total. The third-order valence-corrected chi connectivity index (χ3v) is 5.62. The molecule has 10 heteroatoms. The predicted molar refractivity (Wildman–Crippen MR) is 103 cm³/mol. The van der Waals surface area contributed by atoms with Crippen molar-refractivity contribution >= 4 is 23.1 Å². The Morgan fingerprint density at radius 3 is 2.50 bits per heavy atom. The average molecular weight is 420 g/mol. The van der Waals surface area contributed by atoms with Gasteiger partial charge in [0, 0.05) is 19.0 Å². The smallest absolute Gasteiger partial charge is 0.370 e. The molecule has 2 aliphatic rings. The number of thiocarbonyl (C=S) groups is 1. The predicted octanol–water partition coefficient (Wildman–Crippen LogP) is -0.179. The molecule has 3 heterocycles. The number of nitrogens with one attached hydrogen (secondary N) is 3. The maximum Gasteiger partial charge on any atom is 0.419 e. The third kappa shape index (κ3) is 5.92. The van der Waals surface area contributed by atoms with Gasteiger partial charge in [-0.25, -0.2) is 4.98 Å². The van der Waals surface area contributed by atoms with Crippen LogP contribution in [0.15, 0.2) is 18.3 Å². The summed E-state index contributed by atoms with van der Waals surface area (Å²) in [5.41, 5.74) is -0.667. The molecule has 0 saturated carbocycles. The summed E-state index contributed by atoms with van der Waals surface area (Å²) in [6.07, 6.45) is -2.24. The van der Waals surface area contributed by atoms with Crippen molar-refractivity contribution in [3.63, 3.8) is 0 Å². The third-order valence-electron chi connectivity index (χ3n) is 5.21. The van der Waals surface area contributed by atoms with E-state index in [4.69, 9.17) is 17.0 Å². The Bertz CT molecular complexity index is 629. The van der Waals surface area contributed by atoms with Crippen molar-refractivity contribution in [2.45, 2.75) is 12.6 Å². The number of aromatic nitrogens is 1. The molecular weight excluding hydrogens is 391 g/mol. The monoisotopic (exact) mass is 419 g/mol. The summed E-state index contributed by atoms with van der Waals surface area (Å²) in [5.74, 6) is 0.694. The number of nitrogens with zero attached hydrogens (tertiary/aromatic N) is 2. The maximum absolute atomic E-state index is 12.7. The second-order valence-electron chi connectivity index (χ2n) is 7.13. The number of rotatable bonds is 5. The van der Waals surface area contributed by atoms with E-state index in [0.717, 1.165) is 76.3 Å². The Kier molecular flexibility index (Phi) is 7.30. The first-order valence-corrected chi connectivity index (χ1v) is 10.1. The Balaban J connectivity index is 1.36. The highest BCUT2D eigenvalue weighted by molar-refractivity contribution is 7.80. The Morgan fingerprint density at radius 1 is 1.18 bits per heavy atom. The Labute approximate surface area is 168 Å². The normalized spacial score (nSPS) is 19.0. The summed E-state index contributed by atoms with van der Waals surface area (Å²) >= 11 is 5.49. The first kappa shape index (κ1) is 21.1. The van der Waals surface area contributed by atoms with Gasteiger partial charge >= 0.3 is 6.18 Å². The van der Waals surface area contributed by atoms with Crippen LogP contribution in [0, 0.1) is 0 Å². The van der Waals surface area contributed by atoms with Crippen molar-refractivity contribution in [1.29, 1.82) is 0 Å². The topological polar surface area (TPSA) is 46.3 Å². The number of anilines is 1. The first-order valence-electron chi connectivity index (χ1n) is 9.71. The number of morpholine rings is 1. The van der Waals surface area contributed by atoms with Crippen molar-refractivity contribution in [2.24, 2.45) is 0 Å². The molecule has 0 unspecified atom stereocenters. The van der Waals surface area contributed by atoms with Gasteiger partial charge in [0.25, 0.3) is 5.82 Å². The molecule has 0 atom stereocenters. The van der Waals surface area contributed by atoms with Gasteiger partial charge in [0.1, 0.15) is 32.4 Å². The number of piperazine rings is 1. The fourth-order valence-electron chi connectivity index (χ4n) is 3.50. The number of pyridine rings is 1. The molecule has 3 rings (SSSR count). The van der Waals surface area contributed by atoms with E-state index in [1.54, 1.807) is 4.90 Å². The van der Waals surface area contributed by atoms with Crippen LogP contribution in [0.2, 0.25) is 0 Å². The number of alkyl halides is 3. The summed E-state index contributed by atoms with van der Waals surface area (Å²) in [5, 5.41) is 4.09. The van der Waals surface area contributed by atoms with Crippen molar-refractivity contribution in [1.82, 2.24) is 10.2 Å². The van der Waals surface area contributed by atoms with Gasteiger partial charge in [0.15, 0.2) is 5.11 Å². The highest BCUT2D eigenvalue weighted by atomic mass is 32.1. The van der Waals surface area contributed by atoms with Gasteiger partial charge in [-0.1, -0.05) is 0 Å². The van der Waals surface area contributed by atoms with E-state index in [1.807, 2.05) is 4.90 Å². The molecule has 2 fully saturated rings. The molecule has 2 saturated heterocycles. The fourth-order valence-corrected chi connectivity index (χ4v) is 3.78. The summed E-state index contributed by atoms with van der Waals surface area (Å²) < 4.78 is 43.4. The van der Waals surface area contributed by atoms with E-state index in [-0.39, 0.29) is 0 Å². The van der Waals surface area contributed by atoms with Crippen LogP contribution in [0.1, 0.15) is 12.0 Å². The lowest BCUT2D eigenvalue weighted by atomic mass is 10.2. The molecule has 6 nitrogen and oxygen atoms in total. The first-order chi connectivity index (χ1) is 13.4. The van der Waals surface area contributed by atoms with Crippen molar-refractivity contribution in [2.75, 3.05) is 70.5 Å². The van der Waals surface area contributed by atoms with E-state index in [9.17, 15) is 13.2 Å². The van der Waals surface area contributed by atoms with Crippen LogP contribution in [-0.4, -0.2) is 75.6 Å². The lowest BCUT2D eigenvalue weighted by Gasteiger charge is -2.33. The Hall–Kier alpha value is -1.65. The van der Waals surface area contributed by atoms with Crippen LogP contribution in [0.5, 0.6) is 0 Å². The minimum atomic E-state index is -4.32. The molecule has 0 spiro atoms. The molecule has 0 amide bonds. The molecule has 0 aliphatic carbocycles. The largest absolute Gasteiger partial charge is 0.419 e. The van der Waals surface area contributed by atoms with E-state index >= 15 is 0 Å². The minimum Gasteiger partial charge on any atom is -0.370 e. The minimum absolute atomic E-state index is 0.667. The second kappa shape index (κ2) is 9.71. The summed E-state index contributed by atoms with van der Waals surface area (Å²) in [4.78, 5) is 8.51. The second-order valence-corrected chi connectivity index (χ2v) is 7.52. The molecular formula is C18H28F3N5OS+2. The number of hydrogen-bond acceptors (Lipinski definition) is 3. The van der Waals surface area contributed by atoms with E-state index in [1.165, 1.54) is 6.07 Å². The van der Waals surface area contributed by atoms with Crippen LogP contribution < -0.4 is 20.1 Å². The molecule has 1 aromatic heterocycles. The molecule has 0 aromatic carbocycles. The zero-order valence-electron chi connectivity index (χ0n) is 15.9. The van der Waals surface area contributed by atoms with Gasteiger partial charge in [0.2, 0.25) is 0 Å². The number of halogens is 3. The molecule has 0 radical (unpaired) electrons. The van der Waals surface area contributed by atoms with Crippen molar-refractivity contribution < 1.29 is 27.8 Å². The zero-order valence-corrected chi connectivity index (χ0v) is 16.7. The number of H-pyrrole nitrogens is 1. The molecule has 0 bridgehead atoms. The van der Waals surface area contributed by atoms with Crippen LogP contribution in [-0.2, 0) is 10.9 Å².